The third kappa shape index (κ3) is 9.57. The van der Waals surface area contributed by atoms with E-state index in [2.05, 4.69) is 133 Å². The van der Waals surface area contributed by atoms with Crippen molar-refractivity contribution in [3.05, 3.63) is 72.9 Å². The highest BCUT2D eigenvalue weighted by atomic mass is 28.5. The van der Waals surface area contributed by atoms with Gasteiger partial charge in [-0.3, -0.25) is 0 Å². The van der Waals surface area contributed by atoms with Crippen LogP contribution in [0.4, 0.5) is 0 Å². The largest absolute Gasteiger partial charge is 0.436 e. The van der Waals surface area contributed by atoms with Crippen LogP contribution < -0.4 is 10.4 Å². The van der Waals surface area contributed by atoms with Crippen molar-refractivity contribution in [1.29, 1.82) is 0 Å². The summed E-state index contributed by atoms with van der Waals surface area (Å²) in [5.74, 6) is 0. The van der Waals surface area contributed by atoms with Crippen LogP contribution in [0.15, 0.2) is 72.9 Å². The summed E-state index contributed by atoms with van der Waals surface area (Å²) in [4.78, 5) is 0. The minimum absolute atomic E-state index is 1.04. The Bertz CT molecular complexity index is 971. The molecule has 0 spiro atoms. The maximum Gasteiger partial charge on any atom is 0.348 e. The van der Waals surface area contributed by atoms with Crippen LogP contribution in [-0.2, 0) is 16.5 Å². The van der Waals surface area contributed by atoms with Gasteiger partial charge in [0.25, 0.3) is 0 Å². The van der Waals surface area contributed by atoms with Crippen molar-refractivity contribution in [2.24, 2.45) is 0 Å². The molecule has 2 aromatic rings. The van der Waals surface area contributed by atoms with Gasteiger partial charge in [0.2, 0.25) is 0 Å². The summed E-state index contributed by atoms with van der Waals surface area (Å²) in [5.41, 5.74) is 2.01. The molecule has 10 heteroatoms. The second-order valence-corrected chi connectivity index (χ2v) is 34.0. The molecule has 0 bridgehead atoms. The molecule has 4 nitrogen and oxygen atoms in total. The Balaban J connectivity index is 2.22. The Morgan fingerprint density at radius 1 is 0.639 bits per heavy atom. The predicted molar refractivity (Wildman–Crippen MR) is 171 cm³/mol. The first kappa shape index (κ1) is 31.5. The van der Waals surface area contributed by atoms with Gasteiger partial charge in [-0.05, 0) is 87.9 Å². The van der Waals surface area contributed by atoms with Crippen molar-refractivity contribution in [2.75, 3.05) is 0 Å². The van der Waals surface area contributed by atoms with E-state index in [0.29, 0.717) is 0 Å². The molecule has 2 unspecified atom stereocenters. The second-order valence-electron chi connectivity index (χ2n) is 11.9. The zero-order chi connectivity index (χ0) is 27.3. The van der Waals surface area contributed by atoms with Crippen molar-refractivity contribution in [1.82, 2.24) is 0 Å². The third-order valence-electron chi connectivity index (χ3n) is 6.28. The molecule has 0 heterocycles. The predicted octanol–water partition coefficient (Wildman–Crippen LogP) is 6.34. The fourth-order valence-corrected chi connectivity index (χ4v) is 31.3. The van der Waals surface area contributed by atoms with Gasteiger partial charge in [-0.1, -0.05) is 66.4 Å². The van der Waals surface area contributed by atoms with Gasteiger partial charge in [-0.15, -0.1) is 6.58 Å². The first-order valence-corrected chi connectivity index (χ1v) is 29.7. The first-order valence-electron chi connectivity index (χ1n) is 13.0. The van der Waals surface area contributed by atoms with E-state index in [0.717, 1.165) is 12.1 Å². The van der Waals surface area contributed by atoms with Crippen LogP contribution in [0.5, 0.6) is 0 Å². The zero-order valence-corrected chi connectivity index (χ0v) is 30.3. The summed E-state index contributed by atoms with van der Waals surface area (Å²) in [6, 6.07) is 23.2. The monoisotopic (exact) mass is 592 g/mol. The summed E-state index contributed by atoms with van der Waals surface area (Å²) in [6.07, 6.45) is 0. The van der Waals surface area contributed by atoms with E-state index < -0.39 is 51.1 Å². The van der Waals surface area contributed by atoms with Gasteiger partial charge in [0.1, 0.15) is 0 Å². The molecule has 200 valence electrons. The van der Waals surface area contributed by atoms with Crippen molar-refractivity contribution in [3.8, 4) is 0 Å². The molecule has 0 aliphatic rings. The number of hydrogen-bond donors (Lipinski definition) is 0. The summed E-state index contributed by atoms with van der Waals surface area (Å²) in [5, 5.41) is 2.42. The van der Waals surface area contributed by atoms with E-state index in [9.17, 15) is 0 Å². The smallest absolute Gasteiger partial charge is 0.348 e. The number of rotatable bonds is 14. The second kappa shape index (κ2) is 12.5. The first-order chi connectivity index (χ1) is 16.5. The number of benzene rings is 2. The van der Waals surface area contributed by atoms with Crippen LogP contribution in [0.1, 0.15) is 0 Å². The maximum absolute atomic E-state index is 7.12. The Hall–Kier alpha value is -0.679. The maximum atomic E-state index is 7.12. The molecule has 0 aromatic heterocycles. The highest BCUT2D eigenvalue weighted by Crippen LogP contribution is 2.29. The molecular formula is C26H48O4Si6. The van der Waals surface area contributed by atoms with Crippen molar-refractivity contribution < 1.29 is 16.5 Å². The van der Waals surface area contributed by atoms with Crippen LogP contribution in [0.25, 0.3) is 0 Å². The molecular weight excluding hydrogens is 545 g/mol. The molecule has 2 atom stereocenters. The summed E-state index contributed by atoms with van der Waals surface area (Å²) >= 11 is 0. The Morgan fingerprint density at radius 2 is 1.03 bits per heavy atom. The minimum Gasteiger partial charge on any atom is -0.436 e. The molecule has 0 aliphatic heterocycles. The van der Waals surface area contributed by atoms with Crippen LogP contribution in [0, 0.1) is 0 Å². The van der Waals surface area contributed by atoms with Gasteiger partial charge < -0.3 is 16.5 Å². The number of hydrogen-bond acceptors (Lipinski definition) is 4. The topological polar surface area (TPSA) is 36.9 Å². The van der Waals surface area contributed by atoms with E-state index >= 15 is 0 Å². The normalized spacial score (nSPS) is 16.4. The molecule has 0 amide bonds. The van der Waals surface area contributed by atoms with E-state index in [1.54, 1.807) is 0 Å². The van der Waals surface area contributed by atoms with E-state index in [1.807, 2.05) is 5.70 Å². The van der Waals surface area contributed by atoms with Crippen LogP contribution in [-0.4, -0.2) is 51.1 Å². The van der Waals surface area contributed by atoms with Crippen molar-refractivity contribution >= 4 is 61.5 Å². The standard InChI is InChI=1S/C26H48O4Si6/c1-12-32(4,5)28-36(11,26-21-17-14-18-22-26)30-34(8,9)24-23-33(6,7)29-35(10,27-31(2)3)25-19-15-13-16-20-25/h12-22,31H,1,23-24H2,2-11H3. The lowest BCUT2D eigenvalue weighted by molar-refractivity contribution is 0.398. The van der Waals surface area contributed by atoms with E-state index in [1.165, 1.54) is 10.4 Å². The van der Waals surface area contributed by atoms with E-state index in [-0.39, 0.29) is 0 Å². The summed E-state index contributed by atoms with van der Waals surface area (Å²) in [6.45, 7) is 26.7. The third-order valence-corrected chi connectivity index (χ3v) is 28.3. The minimum atomic E-state index is -2.62. The average molecular weight is 593 g/mol. The fourth-order valence-electron chi connectivity index (χ4n) is 4.52. The van der Waals surface area contributed by atoms with Gasteiger partial charge in [0, 0.05) is 0 Å². The Kier molecular flexibility index (Phi) is 10.9. The molecule has 0 N–H and O–H groups in total. The molecule has 0 radical (unpaired) electrons. The highest BCUT2D eigenvalue weighted by molar-refractivity contribution is 6.96. The molecule has 0 fully saturated rings. The van der Waals surface area contributed by atoms with Crippen LogP contribution >= 0.6 is 0 Å². The molecule has 0 saturated heterocycles. The van der Waals surface area contributed by atoms with Crippen LogP contribution in [0.3, 0.4) is 0 Å². The van der Waals surface area contributed by atoms with Gasteiger partial charge >= 0.3 is 17.1 Å². The SMILES string of the molecule is C=C[Si](C)(C)O[Si](C)(O[Si](C)(C)CC[Si](C)(C)O[Si](C)(O[SiH](C)C)c1ccccc1)c1ccccc1. The van der Waals surface area contributed by atoms with Crippen LogP contribution in [0.2, 0.25) is 77.6 Å². The van der Waals surface area contributed by atoms with Gasteiger partial charge in [-0.2, -0.15) is 0 Å². The van der Waals surface area contributed by atoms with Gasteiger partial charge in [0.05, 0.1) is 0 Å². The molecule has 2 aromatic carbocycles. The highest BCUT2D eigenvalue weighted by Gasteiger charge is 2.46. The molecule has 0 saturated carbocycles. The van der Waals surface area contributed by atoms with Gasteiger partial charge in [0.15, 0.2) is 34.0 Å². The van der Waals surface area contributed by atoms with E-state index in [4.69, 9.17) is 16.5 Å². The zero-order valence-electron chi connectivity index (χ0n) is 24.2. The lowest BCUT2D eigenvalue weighted by atomic mass is 10.4. The lowest BCUT2D eigenvalue weighted by Gasteiger charge is -2.42. The van der Waals surface area contributed by atoms with Gasteiger partial charge in [-0.25, -0.2) is 0 Å². The Morgan fingerprint density at radius 3 is 1.42 bits per heavy atom. The molecule has 36 heavy (non-hydrogen) atoms. The average Bonchev–Trinajstić information content (AvgIpc) is 2.77. The Labute approximate surface area is 227 Å². The lowest BCUT2D eigenvalue weighted by Crippen LogP contribution is -2.61. The summed E-state index contributed by atoms with van der Waals surface area (Å²) in [7, 11) is -12.5. The van der Waals surface area contributed by atoms with Crippen molar-refractivity contribution in [2.45, 2.75) is 77.6 Å². The molecule has 2 rings (SSSR count). The summed E-state index contributed by atoms with van der Waals surface area (Å²) < 4.78 is 27.7. The fraction of sp³-hybridized carbons (Fsp3) is 0.462. The molecule has 0 aliphatic carbocycles. The van der Waals surface area contributed by atoms with Crippen molar-refractivity contribution in [3.63, 3.8) is 0 Å². The quantitative estimate of drug-likeness (QED) is 0.240.